The van der Waals surface area contributed by atoms with E-state index in [1.807, 2.05) is 11.8 Å². The molecule has 1 atom stereocenters. The highest BCUT2D eigenvalue weighted by atomic mass is 16.5. The van der Waals surface area contributed by atoms with Crippen molar-refractivity contribution in [1.82, 2.24) is 14.9 Å². The quantitative estimate of drug-likeness (QED) is 0.861. The smallest absolute Gasteiger partial charge is 0.225 e. The van der Waals surface area contributed by atoms with Crippen LogP contribution in [-0.4, -0.2) is 40.0 Å². The van der Waals surface area contributed by atoms with E-state index in [1.54, 1.807) is 12.3 Å². The molecule has 1 saturated heterocycles. The molecule has 1 aliphatic carbocycles. The molecule has 0 radical (unpaired) electrons. The Morgan fingerprint density at radius 2 is 2.05 bits per heavy atom. The molecule has 3 rings (SSSR count). The predicted octanol–water partition coefficient (Wildman–Crippen LogP) is 2.74. The van der Waals surface area contributed by atoms with E-state index < -0.39 is 0 Å². The van der Waals surface area contributed by atoms with Crippen molar-refractivity contribution in [3.63, 3.8) is 0 Å². The van der Waals surface area contributed by atoms with Crippen LogP contribution in [-0.2, 0) is 4.79 Å². The third-order valence-corrected chi connectivity index (χ3v) is 4.68. The van der Waals surface area contributed by atoms with Crippen LogP contribution in [0.5, 0.6) is 5.88 Å². The van der Waals surface area contributed by atoms with Gasteiger partial charge in [-0.05, 0) is 32.6 Å². The molecule has 1 aromatic heterocycles. The fraction of sp³-hybridized carbons (Fsp3) is 0.706. The number of hydrogen-bond acceptors (Lipinski definition) is 4. The molecule has 5 nitrogen and oxygen atoms in total. The maximum atomic E-state index is 12.7. The molecular formula is C17H25N3O2. The Morgan fingerprint density at radius 3 is 2.82 bits per heavy atom. The normalized spacial score (nSPS) is 23.3. The van der Waals surface area contributed by atoms with Crippen molar-refractivity contribution in [1.29, 1.82) is 0 Å². The topological polar surface area (TPSA) is 55.3 Å². The molecule has 2 heterocycles. The Balaban J connectivity index is 1.57. The Morgan fingerprint density at radius 1 is 1.23 bits per heavy atom. The number of aromatic nitrogens is 2. The van der Waals surface area contributed by atoms with Crippen LogP contribution < -0.4 is 4.74 Å². The Kier molecular flexibility index (Phi) is 4.90. The minimum absolute atomic E-state index is 0.0515. The van der Waals surface area contributed by atoms with Gasteiger partial charge in [0, 0.05) is 24.7 Å². The van der Waals surface area contributed by atoms with Crippen LogP contribution in [0.1, 0.15) is 50.8 Å². The standard InChI is InChI=1S/C17H25N3O2/c1-13-18-10-9-16(19-13)22-15-8-5-11-20(12-15)17(21)14-6-3-2-4-7-14/h9-10,14-15H,2-8,11-12H2,1H3. The number of ether oxygens (including phenoxy) is 1. The van der Waals surface area contributed by atoms with Gasteiger partial charge >= 0.3 is 0 Å². The molecule has 0 bridgehead atoms. The van der Waals surface area contributed by atoms with Crippen molar-refractivity contribution in [2.24, 2.45) is 5.92 Å². The van der Waals surface area contributed by atoms with E-state index in [9.17, 15) is 4.79 Å². The first-order valence-electron chi connectivity index (χ1n) is 8.47. The molecule has 1 amide bonds. The van der Waals surface area contributed by atoms with Crippen molar-refractivity contribution >= 4 is 5.91 Å². The summed E-state index contributed by atoms with van der Waals surface area (Å²) in [5.41, 5.74) is 0. The van der Waals surface area contributed by atoms with Gasteiger partial charge in [-0.25, -0.2) is 4.98 Å². The van der Waals surface area contributed by atoms with Crippen molar-refractivity contribution in [2.75, 3.05) is 13.1 Å². The molecule has 1 unspecified atom stereocenters. The minimum atomic E-state index is 0.0515. The third-order valence-electron chi connectivity index (χ3n) is 4.68. The number of aryl methyl sites for hydroxylation is 1. The van der Waals surface area contributed by atoms with Gasteiger partial charge in [0.15, 0.2) is 0 Å². The Labute approximate surface area is 132 Å². The monoisotopic (exact) mass is 303 g/mol. The first-order chi connectivity index (χ1) is 10.7. The largest absolute Gasteiger partial charge is 0.472 e. The number of carbonyl (C=O) groups excluding carboxylic acids is 1. The van der Waals surface area contributed by atoms with Gasteiger partial charge in [-0.2, -0.15) is 4.98 Å². The fourth-order valence-electron chi connectivity index (χ4n) is 3.51. The molecule has 1 saturated carbocycles. The molecule has 0 N–H and O–H groups in total. The van der Waals surface area contributed by atoms with Gasteiger partial charge in [-0.1, -0.05) is 19.3 Å². The SMILES string of the molecule is Cc1nccc(OC2CCCN(C(=O)C3CCCCC3)C2)n1. The highest BCUT2D eigenvalue weighted by Gasteiger charge is 2.30. The van der Waals surface area contributed by atoms with Gasteiger partial charge < -0.3 is 9.64 Å². The maximum absolute atomic E-state index is 12.7. The van der Waals surface area contributed by atoms with Crippen LogP contribution in [0.25, 0.3) is 0 Å². The summed E-state index contributed by atoms with van der Waals surface area (Å²) in [6.07, 6.45) is 9.56. The van der Waals surface area contributed by atoms with E-state index in [-0.39, 0.29) is 12.0 Å². The second-order valence-electron chi connectivity index (χ2n) is 6.44. The molecule has 1 aromatic rings. The lowest BCUT2D eigenvalue weighted by atomic mass is 9.88. The number of carbonyl (C=O) groups is 1. The lowest BCUT2D eigenvalue weighted by Crippen LogP contribution is -2.47. The first kappa shape index (κ1) is 15.3. The number of hydrogen-bond donors (Lipinski definition) is 0. The zero-order valence-corrected chi connectivity index (χ0v) is 13.3. The van der Waals surface area contributed by atoms with Crippen molar-refractivity contribution < 1.29 is 9.53 Å². The van der Waals surface area contributed by atoms with Gasteiger partial charge in [0.25, 0.3) is 0 Å². The number of piperidine rings is 1. The van der Waals surface area contributed by atoms with Gasteiger partial charge in [-0.15, -0.1) is 0 Å². The Hall–Kier alpha value is -1.65. The summed E-state index contributed by atoms with van der Waals surface area (Å²) in [7, 11) is 0. The van der Waals surface area contributed by atoms with Crippen molar-refractivity contribution in [2.45, 2.75) is 58.0 Å². The molecule has 5 heteroatoms. The van der Waals surface area contributed by atoms with E-state index in [0.29, 0.717) is 24.2 Å². The summed E-state index contributed by atoms with van der Waals surface area (Å²) >= 11 is 0. The Bertz CT molecular complexity index is 514. The predicted molar refractivity (Wildman–Crippen MR) is 83.6 cm³/mol. The van der Waals surface area contributed by atoms with Gasteiger partial charge in [0.2, 0.25) is 11.8 Å². The third kappa shape index (κ3) is 3.76. The fourth-order valence-corrected chi connectivity index (χ4v) is 3.51. The summed E-state index contributed by atoms with van der Waals surface area (Å²) < 4.78 is 5.96. The van der Waals surface area contributed by atoms with Crippen LogP contribution >= 0.6 is 0 Å². The van der Waals surface area contributed by atoms with Crippen molar-refractivity contribution in [3.8, 4) is 5.88 Å². The van der Waals surface area contributed by atoms with Crippen LogP contribution in [0.2, 0.25) is 0 Å². The maximum Gasteiger partial charge on any atom is 0.225 e. The molecule has 2 fully saturated rings. The highest BCUT2D eigenvalue weighted by molar-refractivity contribution is 5.79. The minimum Gasteiger partial charge on any atom is -0.472 e. The van der Waals surface area contributed by atoms with E-state index in [4.69, 9.17) is 4.74 Å². The number of likely N-dealkylation sites (tertiary alicyclic amines) is 1. The molecule has 0 aromatic carbocycles. The average Bonchev–Trinajstić information content (AvgIpc) is 2.55. The van der Waals surface area contributed by atoms with E-state index in [2.05, 4.69) is 9.97 Å². The molecule has 1 aliphatic heterocycles. The van der Waals surface area contributed by atoms with Gasteiger partial charge in [-0.3, -0.25) is 4.79 Å². The van der Waals surface area contributed by atoms with Gasteiger partial charge in [0.05, 0.1) is 6.54 Å². The summed E-state index contributed by atoms with van der Waals surface area (Å²) in [5, 5.41) is 0. The summed E-state index contributed by atoms with van der Waals surface area (Å²) in [6.45, 7) is 3.42. The number of nitrogens with zero attached hydrogens (tertiary/aromatic N) is 3. The van der Waals surface area contributed by atoms with Crippen molar-refractivity contribution in [3.05, 3.63) is 18.1 Å². The number of amides is 1. The summed E-state index contributed by atoms with van der Waals surface area (Å²) in [5.74, 6) is 1.91. The van der Waals surface area contributed by atoms with Crippen LogP contribution in [0.3, 0.4) is 0 Å². The second-order valence-corrected chi connectivity index (χ2v) is 6.44. The lowest BCUT2D eigenvalue weighted by molar-refractivity contribution is -0.139. The first-order valence-corrected chi connectivity index (χ1v) is 8.47. The van der Waals surface area contributed by atoms with Gasteiger partial charge in [0.1, 0.15) is 11.9 Å². The zero-order chi connectivity index (χ0) is 15.4. The average molecular weight is 303 g/mol. The van der Waals surface area contributed by atoms with Crippen LogP contribution in [0.15, 0.2) is 12.3 Å². The molecular weight excluding hydrogens is 278 g/mol. The second kappa shape index (κ2) is 7.07. The van der Waals surface area contributed by atoms with Crippen LogP contribution in [0.4, 0.5) is 0 Å². The zero-order valence-electron chi connectivity index (χ0n) is 13.3. The summed E-state index contributed by atoms with van der Waals surface area (Å²) in [4.78, 5) is 23.0. The molecule has 0 spiro atoms. The van der Waals surface area contributed by atoms with E-state index in [0.717, 1.165) is 32.2 Å². The number of rotatable bonds is 3. The molecule has 120 valence electrons. The summed E-state index contributed by atoms with van der Waals surface area (Å²) in [6, 6.07) is 1.79. The molecule has 2 aliphatic rings. The highest BCUT2D eigenvalue weighted by Crippen LogP contribution is 2.27. The van der Waals surface area contributed by atoms with E-state index in [1.165, 1.54) is 19.3 Å². The molecule has 22 heavy (non-hydrogen) atoms. The van der Waals surface area contributed by atoms with E-state index >= 15 is 0 Å². The van der Waals surface area contributed by atoms with Crippen LogP contribution in [0, 0.1) is 12.8 Å². The lowest BCUT2D eigenvalue weighted by Gasteiger charge is -2.35.